The van der Waals surface area contributed by atoms with E-state index in [2.05, 4.69) is 11.9 Å². The molecule has 2 fully saturated rings. The minimum Gasteiger partial charge on any atom is -0.260 e. The van der Waals surface area contributed by atoms with Gasteiger partial charge < -0.3 is 0 Å². The smallest absolute Gasteiger partial charge is 0.260 e. The molecule has 0 bridgehead atoms. The second-order valence-corrected chi connectivity index (χ2v) is 8.09. The molecule has 0 aromatic carbocycles. The van der Waals surface area contributed by atoms with Crippen LogP contribution in [0.1, 0.15) is 38.3 Å². The molecule has 3 rings (SSSR count). The molecule has 5 nitrogen and oxygen atoms in total. The van der Waals surface area contributed by atoms with Crippen molar-refractivity contribution >= 4 is 10.2 Å². The van der Waals surface area contributed by atoms with Crippen molar-refractivity contribution in [1.29, 1.82) is 0 Å². The zero-order valence-electron chi connectivity index (χ0n) is 12.5. The largest absolute Gasteiger partial charge is 0.282 e. The van der Waals surface area contributed by atoms with Crippen LogP contribution < -0.4 is 0 Å². The maximum atomic E-state index is 12.9. The highest BCUT2D eigenvalue weighted by Gasteiger charge is 2.41. The van der Waals surface area contributed by atoms with E-state index in [-0.39, 0.29) is 6.04 Å². The van der Waals surface area contributed by atoms with E-state index in [1.54, 1.807) is 14.8 Å². The maximum absolute atomic E-state index is 12.9. The number of pyridine rings is 1. The normalized spacial score (nSPS) is 24.4. The van der Waals surface area contributed by atoms with Crippen LogP contribution in [-0.2, 0) is 16.8 Å². The van der Waals surface area contributed by atoms with Crippen molar-refractivity contribution in [3.05, 3.63) is 30.1 Å². The molecule has 1 aromatic heterocycles. The molecule has 116 valence electrons. The van der Waals surface area contributed by atoms with Crippen LogP contribution in [0.25, 0.3) is 0 Å². The fourth-order valence-corrected chi connectivity index (χ4v) is 4.90. The van der Waals surface area contributed by atoms with Gasteiger partial charge in [-0.05, 0) is 43.7 Å². The maximum Gasteiger partial charge on any atom is 0.282 e. The van der Waals surface area contributed by atoms with Gasteiger partial charge in [0.25, 0.3) is 10.2 Å². The number of hydrogen-bond acceptors (Lipinski definition) is 3. The minimum atomic E-state index is -3.37. The summed E-state index contributed by atoms with van der Waals surface area (Å²) in [7, 11) is -3.37. The van der Waals surface area contributed by atoms with Gasteiger partial charge in [-0.3, -0.25) is 4.98 Å². The molecule has 1 aromatic rings. The summed E-state index contributed by atoms with van der Waals surface area (Å²) in [5, 5.41) is 0. The Morgan fingerprint density at radius 1 is 1.33 bits per heavy atom. The van der Waals surface area contributed by atoms with Gasteiger partial charge in [0, 0.05) is 25.3 Å². The number of nitrogens with zero attached hydrogens (tertiary/aromatic N) is 3. The highest BCUT2D eigenvalue weighted by atomic mass is 32.2. The molecule has 0 amide bonds. The fraction of sp³-hybridized carbons (Fsp3) is 0.667. The number of aromatic nitrogens is 1. The predicted octanol–water partition coefficient (Wildman–Crippen LogP) is 2.02. The Bertz CT molecular complexity index is 572. The van der Waals surface area contributed by atoms with E-state index in [1.807, 2.05) is 18.2 Å². The molecule has 1 atom stereocenters. The predicted molar refractivity (Wildman–Crippen MR) is 81.7 cm³/mol. The molecule has 0 unspecified atom stereocenters. The summed E-state index contributed by atoms with van der Waals surface area (Å²) < 4.78 is 29.2. The Morgan fingerprint density at radius 2 is 2.14 bits per heavy atom. The Hall–Kier alpha value is -0.980. The average Bonchev–Trinajstić information content (AvgIpc) is 3.30. The lowest BCUT2D eigenvalue weighted by Crippen LogP contribution is -2.48. The van der Waals surface area contributed by atoms with Crippen LogP contribution >= 0.6 is 0 Å². The highest BCUT2D eigenvalue weighted by molar-refractivity contribution is 7.86. The van der Waals surface area contributed by atoms with E-state index in [1.165, 1.54) is 0 Å². The first kappa shape index (κ1) is 14.9. The lowest BCUT2D eigenvalue weighted by Gasteiger charge is -2.34. The summed E-state index contributed by atoms with van der Waals surface area (Å²) in [5.41, 5.74) is 0.818. The van der Waals surface area contributed by atoms with E-state index in [0.717, 1.165) is 31.4 Å². The topological polar surface area (TPSA) is 53.5 Å². The van der Waals surface area contributed by atoms with Crippen molar-refractivity contribution < 1.29 is 8.42 Å². The van der Waals surface area contributed by atoms with Crippen LogP contribution in [0, 0.1) is 5.92 Å². The lowest BCUT2D eigenvalue weighted by molar-refractivity contribution is 0.253. The van der Waals surface area contributed by atoms with Crippen molar-refractivity contribution in [1.82, 2.24) is 13.6 Å². The first-order chi connectivity index (χ1) is 10.1. The van der Waals surface area contributed by atoms with E-state index < -0.39 is 10.2 Å². The van der Waals surface area contributed by atoms with Crippen LogP contribution in [0.2, 0.25) is 0 Å². The molecular weight excluding hydrogens is 286 g/mol. The molecule has 2 heterocycles. The van der Waals surface area contributed by atoms with Crippen LogP contribution in [0.15, 0.2) is 24.4 Å². The Morgan fingerprint density at radius 3 is 2.76 bits per heavy atom. The van der Waals surface area contributed by atoms with Crippen LogP contribution in [-0.4, -0.2) is 41.1 Å². The van der Waals surface area contributed by atoms with Crippen LogP contribution in [0.3, 0.4) is 0 Å². The van der Waals surface area contributed by atoms with Crippen molar-refractivity contribution in [2.75, 3.05) is 13.1 Å². The molecule has 2 aliphatic rings. The molecule has 0 N–H and O–H groups in total. The molecule has 1 saturated carbocycles. The zero-order valence-corrected chi connectivity index (χ0v) is 13.3. The van der Waals surface area contributed by atoms with E-state index in [9.17, 15) is 8.42 Å². The van der Waals surface area contributed by atoms with Crippen LogP contribution in [0.4, 0.5) is 0 Å². The van der Waals surface area contributed by atoms with Crippen molar-refractivity contribution in [2.24, 2.45) is 5.92 Å². The molecule has 1 aliphatic carbocycles. The van der Waals surface area contributed by atoms with E-state index in [0.29, 0.717) is 25.6 Å². The summed E-state index contributed by atoms with van der Waals surface area (Å²) in [6.07, 6.45) is 5.74. The first-order valence-electron chi connectivity index (χ1n) is 7.74. The molecule has 1 aliphatic heterocycles. The van der Waals surface area contributed by atoms with Crippen LogP contribution in [0.5, 0.6) is 0 Å². The third-order valence-electron chi connectivity index (χ3n) is 4.24. The summed E-state index contributed by atoms with van der Waals surface area (Å²) in [5.74, 6) is 0.449. The second-order valence-electron chi connectivity index (χ2n) is 6.21. The standard InChI is InChI=1S/C15H23N3O2S/c1-13-5-4-10-17(11-13)21(19,20)18(15-7-8-15)12-14-6-2-3-9-16-14/h2-3,6,9,13,15H,4-5,7-8,10-12H2,1H3/t13-/m0/s1. The molecule has 6 heteroatoms. The lowest BCUT2D eigenvalue weighted by atomic mass is 10.0. The Balaban J connectivity index is 1.79. The van der Waals surface area contributed by atoms with Gasteiger partial charge >= 0.3 is 0 Å². The van der Waals surface area contributed by atoms with Gasteiger partial charge in [0.1, 0.15) is 0 Å². The van der Waals surface area contributed by atoms with Gasteiger partial charge in [0.2, 0.25) is 0 Å². The SMILES string of the molecule is C[C@H]1CCCN(S(=O)(=O)N(Cc2ccccn2)C2CC2)C1. The van der Waals surface area contributed by atoms with Gasteiger partial charge in [0.05, 0.1) is 12.2 Å². The molecule has 1 saturated heterocycles. The third-order valence-corrected chi connectivity index (χ3v) is 6.24. The van der Waals surface area contributed by atoms with E-state index >= 15 is 0 Å². The van der Waals surface area contributed by atoms with Crippen molar-refractivity contribution in [2.45, 2.75) is 45.2 Å². The first-order valence-corrected chi connectivity index (χ1v) is 9.14. The Kier molecular flexibility index (Phi) is 4.28. The quantitative estimate of drug-likeness (QED) is 0.836. The zero-order chi connectivity index (χ0) is 14.9. The average molecular weight is 309 g/mol. The second kappa shape index (κ2) is 6.02. The van der Waals surface area contributed by atoms with E-state index in [4.69, 9.17) is 0 Å². The van der Waals surface area contributed by atoms with Gasteiger partial charge in [-0.25, -0.2) is 0 Å². The molecule has 21 heavy (non-hydrogen) atoms. The van der Waals surface area contributed by atoms with Gasteiger partial charge in [-0.1, -0.05) is 13.0 Å². The van der Waals surface area contributed by atoms with Crippen molar-refractivity contribution in [3.63, 3.8) is 0 Å². The fourth-order valence-electron chi connectivity index (χ4n) is 2.92. The summed E-state index contributed by atoms with van der Waals surface area (Å²) in [6.45, 7) is 3.81. The molecular formula is C15H23N3O2S. The Labute approximate surface area is 127 Å². The molecule has 0 radical (unpaired) electrons. The highest BCUT2D eigenvalue weighted by Crippen LogP contribution is 2.33. The van der Waals surface area contributed by atoms with Gasteiger partial charge in [-0.15, -0.1) is 0 Å². The van der Waals surface area contributed by atoms with Gasteiger partial charge in [0.15, 0.2) is 0 Å². The number of rotatable bonds is 5. The monoisotopic (exact) mass is 309 g/mol. The number of piperidine rings is 1. The minimum absolute atomic E-state index is 0.161. The third kappa shape index (κ3) is 3.44. The summed E-state index contributed by atoms with van der Waals surface area (Å²) >= 11 is 0. The number of hydrogen-bond donors (Lipinski definition) is 0. The summed E-state index contributed by atoms with van der Waals surface area (Å²) in [6, 6.07) is 5.81. The molecule has 0 spiro atoms. The summed E-state index contributed by atoms with van der Waals surface area (Å²) in [4.78, 5) is 4.28. The van der Waals surface area contributed by atoms with Crippen molar-refractivity contribution in [3.8, 4) is 0 Å². The van der Waals surface area contributed by atoms with Gasteiger partial charge in [-0.2, -0.15) is 17.0 Å².